The van der Waals surface area contributed by atoms with Crippen molar-refractivity contribution in [3.05, 3.63) is 64.2 Å². The van der Waals surface area contributed by atoms with E-state index in [0.717, 1.165) is 27.2 Å². The van der Waals surface area contributed by atoms with Crippen molar-refractivity contribution in [3.63, 3.8) is 0 Å². The van der Waals surface area contributed by atoms with Gasteiger partial charge in [0.1, 0.15) is 17.7 Å². The van der Waals surface area contributed by atoms with E-state index < -0.39 is 35.6 Å². The molecule has 0 radical (unpaired) electrons. The van der Waals surface area contributed by atoms with E-state index >= 15 is 0 Å². The average molecular weight is 538 g/mol. The molecule has 0 spiro atoms. The van der Waals surface area contributed by atoms with E-state index in [-0.39, 0.29) is 0 Å². The second-order valence-electron chi connectivity index (χ2n) is 10.3. The van der Waals surface area contributed by atoms with Gasteiger partial charge in [0.2, 0.25) is 0 Å². The zero-order valence-corrected chi connectivity index (χ0v) is 24.4. The number of hydrogen-bond acceptors (Lipinski definition) is 5. The second kappa shape index (κ2) is 13.4. The number of rotatable bonds is 9. The molecule has 2 N–H and O–H groups in total. The van der Waals surface area contributed by atoms with Crippen molar-refractivity contribution in [2.24, 2.45) is 0 Å². The van der Waals surface area contributed by atoms with E-state index in [1.807, 2.05) is 70.3 Å². The Morgan fingerprint density at radius 2 is 1.53 bits per heavy atom. The van der Waals surface area contributed by atoms with Crippen molar-refractivity contribution in [1.82, 2.24) is 10.2 Å². The molecule has 0 aromatic heterocycles. The van der Waals surface area contributed by atoms with Gasteiger partial charge in [-0.2, -0.15) is 11.8 Å². The molecule has 0 bridgehead atoms. The molecule has 0 heterocycles. The number of alkyl carbamates (subject to hydrolysis) is 1. The van der Waals surface area contributed by atoms with Gasteiger partial charge in [-0.1, -0.05) is 42.8 Å². The molecule has 2 atom stereocenters. The molecule has 0 fully saturated rings. The Morgan fingerprint density at radius 3 is 2.00 bits per heavy atom. The minimum atomic E-state index is -1.12. The van der Waals surface area contributed by atoms with Crippen LogP contribution in [0, 0.1) is 40.2 Å². The minimum Gasteiger partial charge on any atom is -0.444 e. The molecule has 2 unspecified atom stereocenters. The lowest BCUT2D eigenvalue weighted by atomic mass is 9.93. The normalized spacial score (nSPS) is 12.6. The van der Waals surface area contributed by atoms with Gasteiger partial charge in [0.15, 0.2) is 0 Å². The molecular formula is C30H39N3O4S. The maximum absolute atomic E-state index is 14.0. The molecule has 2 aromatic rings. The Balaban J connectivity index is 2.56. The Labute approximate surface area is 231 Å². The molecule has 0 aliphatic carbocycles. The van der Waals surface area contributed by atoms with E-state index in [9.17, 15) is 14.4 Å². The lowest BCUT2D eigenvalue weighted by Gasteiger charge is -2.32. The van der Waals surface area contributed by atoms with E-state index in [1.54, 1.807) is 20.8 Å². The number of nitrogens with zero attached hydrogens (tertiary/aromatic N) is 1. The fraction of sp³-hybridized carbons (Fsp3) is 0.433. The molecule has 204 valence electrons. The van der Waals surface area contributed by atoms with E-state index in [2.05, 4.69) is 16.7 Å². The highest BCUT2D eigenvalue weighted by Gasteiger charge is 2.37. The molecule has 38 heavy (non-hydrogen) atoms. The highest BCUT2D eigenvalue weighted by molar-refractivity contribution is 7.98. The van der Waals surface area contributed by atoms with E-state index in [0.29, 0.717) is 23.4 Å². The van der Waals surface area contributed by atoms with Crippen molar-refractivity contribution in [2.75, 3.05) is 17.3 Å². The van der Waals surface area contributed by atoms with Crippen LogP contribution in [-0.2, 0) is 14.3 Å². The molecule has 7 nitrogen and oxygen atoms in total. The van der Waals surface area contributed by atoms with E-state index in [1.165, 1.54) is 11.8 Å². The summed E-state index contributed by atoms with van der Waals surface area (Å²) in [6, 6.07) is 11.7. The fourth-order valence-corrected chi connectivity index (χ4v) is 4.69. The van der Waals surface area contributed by atoms with Crippen LogP contribution in [0.15, 0.2) is 36.4 Å². The van der Waals surface area contributed by atoms with Crippen LogP contribution in [0.2, 0.25) is 0 Å². The first-order chi connectivity index (χ1) is 17.8. The summed E-state index contributed by atoms with van der Waals surface area (Å²) in [6.45, 7) is 12.8. The van der Waals surface area contributed by atoms with Gasteiger partial charge in [-0.3, -0.25) is 14.5 Å². The summed E-state index contributed by atoms with van der Waals surface area (Å²) < 4.78 is 5.39. The fourth-order valence-electron chi connectivity index (χ4n) is 4.22. The number of ether oxygens (including phenoxy) is 1. The van der Waals surface area contributed by atoms with Gasteiger partial charge in [-0.15, -0.1) is 0 Å². The SMILES string of the molecule is C#CN(C(=O)C(CCSC)NC(=O)OC(C)(C)C)C(C(=O)Nc1c(C)cccc1C)c1c(C)cccc1C. The smallest absolute Gasteiger partial charge is 0.408 e. The van der Waals surface area contributed by atoms with Crippen molar-refractivity contribution >= 4 is 35.4 Å². The monoisotopic (exact) mass is 537 g/mol. The Bertz CT molecular complexity index is 1170. The van der Waals surface area contributed by atoms with Crippen LogP contribution in [-0.4, -0.2) is 46.5 Å². The summed E-state index contributed by atoms with van der Waals surface area (Å²) in [7, 11) is 0. The average Bonchev–Trinajstić information content (AvgIpc) is 2.82. The predicted octanol–water partition coefficient (Wildman–Crippen LogP) is 5.67. The number of nitrogens with one attached hydrogen (secondary N) is 2. The molecule has 8 heteroatoms. The third kappa shape index (κ3) is 8.03. The Morgan fingerprint density at radius 1 is 1.00 bits per heavy atom. The summed E-state index contributed by atoms with van der Waals surface area (Å²) in [4.78, 5) is 41.6. The lowest BCUT2D eigenvalue weighted by molar-refractivity contribution is -0.136. The van der Waals surface area contributed by atoms with Gasteiger partial charge in [0.05, 0.1) is 0 Å². The first-order valence-electron chi connectivity index (χ1n) is 12.5. The molecule has 2 aromatic carbocycles. The highest BCUT2D eigenvalue weighted by Crippen LogP contribution is 2.31. The number of carbonyl (C=O) groups excluding carboxylic acids is 3. The van der Waals surface area contributed by atoms with Gasteiger partial charge in [-0.05, 0) is 94.7 Å². The first kappa shape index (κ1) is 30.8. The number of aryl methyl sites for hydroxylation is 4. The third-order valence-electron chi connectivity index (χ3n) is 6.03. The zero-order valence-electron chi connectivity index (χ0n) is 23.6. The summed E-state index contributed by atoms with van der Waals surface area (Å²) in [5, 5.41) is 5.68. The molecule has 0 saturated carbocycles. The molecule has 0 aliphatic heterocycles. The van der Waals surface area contributed by atoms with Crippen molar-refractivity contribution < 1.29 is 19.1 Å². The van der Waals surface area contributed by atoms with Gasteiger partial charge < -0.3 is 15.4 Å². The Hall–Kier alpha value is -3.44. The van der Waals surface area contributed by atoms with Crippen LogP contribution in [0.1, 0.15) is 61.1 Å². The summed E-state index contributed by atoms with van der Waals surface area (Å²) >= 11 is 1.53. The van der Waals surface area contributed by atoms with Crippen molar-refractivity contribution in [1.29, 1.82) is 0 Å². The van der Waals surface area contributed by atoms with Crippen LogP contribution < -0.4 is 10.6 Å². The van der Waals surface area contributed by atoms with Crippen LogP contribution in [0.5, 0.6) is 0 Å². The number of anilines is 1. The predicted molar refractivity (Wildman–Crippen MR) is 155 cm³/mol. The Kier molecular flexibility index (Phi) is 10.8. The number of amides is 3. The topological polar surface area (TPSA) is 87.7 Å². The van der Waals surface area contributed by atoms with Gasteiger partial charge in [0, 0.05) is 11.7 Å². The molecule has 2 rings (SSSR count). The molecular weight excluding hydrogens is 498 g/mol. The number of para-hydroxylation sites is 1. The first-order valence-corrected chi connectivity index (χ1v) is 13.9. The molecule has 0 aliphatic rings. The number of benzene rings is 2. The number of hydrogen-bond donors (Lipinski definition) is 2. The van der Waals surface area contributed by atoms with Gasteiger partial charge >= 0.3 is 6.09 Å². The summed E-state index contributed by atoms with van der Waals surface area (Å²) in [6.07, 6.45) is 7.43. The zero-order chi connectivity index (χ0) is 28.6. The number of terminal acetylenes is 1. The lowest BCUT2D eigenvalue weighted by Crippen LogP contribution is -2.51. The largest absolute Gasteiger partial charge is 0.444 e. The van der Waals surface area contributed by atoms with Crippen molar-refractivity contribution in [3.8, 4) is 12.5 Å². The number of thioether (sulfide) groups is 1. The minimum absolute atomic E-state index is 0.315. The standard InChI is InChI=1S/C30H39N3O4S/c1-10-33(28(35)23(17-18-38-9)31-29(36)37-30(6,7)8)26(24-19(2)13-11-14-20(24)3)27(34)32-25-21(4)15-12-16-22(25)5/h1,11-16,23,26H,17-18H2,2-9H3,(H,31,36)(H,32,34). The maximum Gasteiger partial charge on any atom is 0.408 e. The molecule has 3 amide bonds. The van der Waals surface area contributed by atoms with Crippen molar-refractivity contribution in [2.45, 2.75) is 72.6 Å². The molecule has 0 saturated heterocycles. The summed E-state index contributed by atoms with van der Waals surface area (Å²) in [5.41, 5.74) is 3.99. The van der Waals surface area contributed by atoms with Crippen LogP contribution >= 0.6 is 11.8 Å². The van der Waals surface area contributed by atoms with Gasteiger partial charge in [0.25, 0.3) is 11.8 Å². The van der Waals surface area contributed by atoms with Crippen LogP contribution in [0.3, 0.4) is 0 Å². The van der Waals surface area contributed by atoms with E-state index in [4.69, 9.17) is 11.2 Å². The van der Waals surface area contributed by atoms with Gasteiger partial charge in [-0.25, -0.2) is 4.79 Å². The highest BCUT2D eigenvalue weighted by atomic mass is 32.2. The second-order valence-corrected chi connectivity index (χ2v) is 11.3. The summed E-state index contributed by atoms with van der Waals surface area (Å²) in [5.74, 6) is -0.406. The maximum atomic E-state index is 14.0. The third-order valence-corrected chi connectivity index (χ3v) is 6.67. The van der Waals surface area contributed by atoms with Crippen LogP contribution in [0.4, 0.5) is 10.5 Å². The number of carbonyl (C=O) groups is 3. The van der Waals surface area contributed by atoms with Crippen LogP contribution in [0.25, 0.3) is 0 Å². The quantitative estimate of drug-likeness (QED) is 0.318.